The van der Waals surface area contributed by atoms with Gasteiger partial charge in [0.1, 0.15) is 10.7 Å². The van der Waals surface area contributed by atoms with E-state index in [2.05, 4.69) is 0 Å². The zero-order valence-electron chi connectivity index (χ0n) is 10.5. The molecule has 0 aliphatic heterocycles. The Hall–Kier alpha value is -2.14. The minimum Gasteiger partial charge on any atom is -0.496 e. The van der Waals surface area contributed by atoms with Gasteiger partial charge < -0.3 is 15.0 Å². The maximum atomic E-state index is 11.7. The summed E-state index contributed by atoms with van der Waals surface area (Å²) in [6.45, 7) is 0.472. The Balaban J connectivity index is 2.37. The number of aromatic nitrogens is 1. The van der Waals surface area contributed by atoms with Crippen LogP contribution in [0.25, 0.3) is 0 Å². The van der Waals surface area contributed by atoms with Crippen LogP contribution in [0, 0.1) is 0 Å². The molecule has 0 spiro atoms. The van der Waals surface area contributed by atoms with Gasteiger partial charge in [-0.3, -0.25) is 4.79 Å². The Labute approximate surface area is 116 Å². The molecule has 0 fully saturated rings. The van der Waals surface area contributed by atoms with Crippen molar-refractivity contribution >= 4 is 17.2 Å². The number of ether oxygens (including phenoxy) is 1. The standard InChI is InChI=1S/C14H14N2O2S/c1-18-12-6-5-10(8-11(12)14(15)19)9-16-7-3-2-4-13(16)17/h2-8H,9H2,1H3,(H2,15,19). The molecule has 98 valence electrons. The third-order valence-corrected chi connectivity index (χ3v) is 3.00. The van der Waals surface area contributed by atoms with E-state index in [1.165, 1.54) is 6.07 Å². The summed E-state index contributed by atoms with van der Waals surface area (Å²) >= 11 is 5.00. The molecule has 0 saturated carbocycles. The Morgan fingerprint density at radius 2 is 2.16 bits per heavy atom. The summed E-state index contributed by atoms with van der Waals surface area (Å²) in [6, 6.07) is 10.6. The number of benzene rings is 1. The van der Waals surface area contributed by atoms with Gasteiger partial charge in [-0.2, -0.15) is 0 Å². The first-order chi connectivity index (χ1) is 9.11. The van der Waals surface area contributed by atoms with Gasteiger partial charge >= 0.3 is 0 Å². The summed E-state index contributed by atoms with van der Waals surface area (Å²) in [5.74, 6) is 0.636. The lowest BCUT2D eigenvalue weighted by Crippen LogP contribution is -2.19. The average molecular weight is 274 g/mol. The molecule has 0 unspecified atom stereocenters. The molecule has 1 aromatic heterocycles. The molecular formula is C14H14N2O2S. The van der Waals surface area contributed by atoms with Gasteiger partial charge in [0.2, 0.25) is 0 Å². The van der Waals surface area contributed by atoms with E-state index in [0.717, 1.165) is 5.56 Å². The molecule has 0 amide bonds. The molecule has 2 N–H and O–H groups in total. The van der Waals surface area contributed by atoms with E-state index in [-0.39, 0.29) is 10.5 Å². The normalized spacial score (nSPS) is 10.2. The molecule has 4 nitrogen and oxygen atoms in total. The summed E-state index contributed by atoms with van der Waals surface area (Å²) in [5, 5.41) is 0. The lowest BCUT2D eigenvalue weighted by atomic mass is 10.1. The van der Waals surface area contributed by atoms with Crippen molar-refractivity contribution in [2.45, 2.75) is 6.54 Å². The number of methoxy groups -OCH3 is 1. The molecule has 2 rings (SSSR count). The van der Waals surface area contributed by atoms with Crippen LogP contribution in [-0.4, -0.2) is 16.7 Å². The second kappa shape index (κ2) is 5.67. The average Bonchev–Trinajstić information content (AvgIpc) is 2.41. The predicted octanol–water partition coefficient (Wildman–Crippen LogP) is 1.54. The van der Waals surface area contributed by atoms with Crippen molar-refractivity contribution in [3.8, 4) is 5.75 Å². The first-order valence-corrected chi connectivity index (χ1v) is 6.15. The number of nitrogens with zero attached hydrogens (tertiary/aromatic N) is 1. The molecule has 5 heteroatoms. The highest BCUT2D eigenvalue weighted by atomic mass is 32.1. The molecular weight excluding hydrogens is 260 g/mol. The molecule has 0 atom stereocenters. The maximum absolute atomic E-state index is 11.7. The van der Waals surface area contributed by atoms with Crippen LogP contribution in [0.5, 0.6) is 5.75 Å². The zero-order chi connectivity index (χ0) is 13.8. The van der Waals surface area contributed by atoms with E-state index < -0.39 is 0 Å². The van der Waals surface area contributed by atoms with Gasteiger partial charge in [-0.25, -0.2) is 0 Å². The number of rotatable bonds is 4. The second-order valence-electron chi connectivity index (χ2n) is 4.07. The van der Waals surface area contributed by atoms with Crippen LogP contribution in [0.15, 0.2) is 47.4 Å². The number of pyridine rings is 1. The van der Waals surface area contributed by atoms with Gasteiger partial charge in [-0.1, -0.05) is 24.4 Å². The molecule has 19 heavy (non-hydrogen) atoms. The van der Waals surface area contributed by atoms with Crippen molar-refractivity contribution in [1.29, 1.82) is 0 Å². The lowest BCUT2D eigenvalue weighted by molar-refractivity contribution is 0.414. The smallest absolute Gasteiger partial charge is 0.250 e. The van der Waals surface area contributed by atoms with Gasteiger partial charge in [0.25, 0.3) is 5.56 Å². The predicted molar refractivity (Wildman–Crippen MR) is 78.7 cm³/mol. The molecule has 1 heterocycles. The largest absolute Gasteiger partial charge is 0.496 e. The first kappa shape index (κ1) is 13.3. The van der Waals surface area contributed by atoms with Gasteiger partial charge in [0.05, 0.1) is 19.2 Å². The van der Waals surface area contributed by atoms with Crippen LogP contribution in [0.2, 0.25) is 0 Å². The van der Waals surface area contributed by atoms with Crippen molar-refractivity contribution in [2.24, 2.45) is 5.73 Å². The van der Waals surface area contributed by atoms with E-state index in [1.807, 2.05) is 18.2 Å². The minimum atomic E-state index is -0.0461. The summed E-state index contributed by atoms with van der Waals surface area (Å²) < 4.78 is 6.82. The topological polar surface area (TPSA) is 57.2 Å². The van der Waals surface area contributed by atoms with Crippen LogP contribution in [0.1, 0.15) is 11.1 Å². The fourth-order valence-corrected chi connectivity index (χ4v) is 1.99. The van der Waals surface area contributed by atoms with Crippen molar-refractivity contribution in [1.82, 2.24) is 4.57 Å². The summed E-state index contributed by atoms with van der Waals surface area (Å²) in [4.78, 5) is 11.9. The van der Waals surface area contributed by atoms with Crippen LogP contribution < -0.4 is 16.0 Å². The van der Waals surface area contributed by atoms with E-state index in [4.69, 9.17) is 22.7 Å². The van der Waals surface area contributed by atoms with E-state index in [9.17, 15) is 4.79 Å². The second-order valence-corrected chi connectivity index (χ2v) is 4.51. The minimum absolute atomic E-state index is 0.0461. The van der Waals surface area contributed by atoms with Crippen molar-refractivity contribution in [3.63, 3.8) is 0 Å². The number of hydrogen-bond donors (Lipinski definition) is 1. The summed E-state index contributed by atoms with van der Waals surface area (Å²) in [7, 11) is 1.57. The third kappa shape index (κ3) is 3.00. The van der Waals surface area contributed by atoms with Crippen LogP contribution in [0.3, 0.4) is 0 Å². The lowest BCUT2D eigenvalue weighted by Gasteiger charge is -2.10. The van der Waals surface area contributed by atoms with Crippen molar-refractivity contribution < 1.29 is 4.74 Å². The van der Waals surface area contributed by atoms with Crippen LogP contribution in [0.4, 0.5) is 0 Å². The molecule has 0 aliphatic carbocycles. The van der Waals surface area contributed by atoms with Crippen molar-refractivity contribution in [2.75, 3.05) is 7.11 Å². The number of thiocarbonyl (C=S) groups is 1. The third-order valence-electron chi connectivity index (χ3n) is 2.78. The summed E-state index contributed by atoms with van der Waals surface area (Å²) in [6.07, 6.45) is 1.74. The van der Waals surface area contributed by atoms with E-state index >= 15 is 0 Å². The quantitative estimate of drug-likeness (QED) is 0.859. The molecule has 0 bridgehead atoms. The first-order valence-electron chi connectivity index (χ1n) is 5.74. The molecule has 0 radical (unpaired) electrons. The van der Waals surface area contributed by atoms with Gasteiger partial charge in [0, 0.05) is 12.3 Å². The van der Waals surface area contributed by atoms with Crippen molar-refractivity contribution in [3.05, 3.63) is 64.1 Å². The summed E-state index contributed by atoms with van der Waals surface area (Å²) in [5.41, 5.74) is 7.24. The van der Waals surface area contributed by atoms with E-state index in [0.29, 0.717) is 17.9 Å². The monoisotopic (exact) mass is 274 g/mol. The van der Waals surface area contributed by atoms with Gasteiger partial charge in [-0.05, 0) is 23.8 Å². The molecule has 0 saturated heterocycles. The number of hydrogen-bond acceptors (Lipinski definition) is 3. The molecule has 1 aromatic carbocycles. The van der Waals surface area contributed by atoms with Crippen LogP contribution >= 0.6 is 12.2 Å². The Morgan fingerprint density at radius 3 is 2.79 bits per heavy atom. The highest BCUT2D eigenvalue weighted by molar-refractivity contribution is 7.80. The zero-order valence-corrected chi connectivity index (χ0v) is 11.3. The van der Waals surface area contributed by atoms with Gasteiger partial charge in [0.15, 0.2) is 0 Å². The fourth-order valence-electron chi connectivity index (χ4n) is 1.83. The molecule has 2 aromatic rings. The molecule has 0 aliphatic rings. The SMILES string of the molecule is COc1ccc(Cn2ccccc2=O)cc1C(N)=S. The highest BCUT2D eigenvalue weighted by Crippen LogP contribution is 2.20. The fraction of sp³-hybridized carbons (Fsp3) is 0.143. The number of nitrogens with two attached hydrogens (primary N) is 1. The maximum Gasteiger partial charge on any atom is 0.250 e. The Kier molecular flexibility index (Phi) is 3.97. The van der Waals surface area contributed by atoms with Crippen LogP contribution in [-0.2, 0) is 6.54 Å². The highest BCUT2D eigenvalue weighted by Gasteiger charge is 2.07. The Bertz CT molecular complexity index is 664. The Morgan fingerprint density at radius 1 is 1.37 bits per heavy atom. The van der Waals surface area contributed by atoms with Gasteiger partial charge in [-0.15, -0.1) is 0 Å². The van der Waals surface area contributed by atoms with E-state index in [1.54, 1.807) is 30.0 Å².